The third kappa shape index (κ3) is 8.80. The van der Waals surface area contributed by atoms with E-state index < -0.39 is 29.2 Å². The molecule has 0 radical (unpaired) electrons. The Morgan fingerprint density at radius 2 is 1.39 bits per heavy atom. The highest BCUT2D eigenvalue weighted by atomic mass is 16.6. The Hall–Kier alpha value is -3.61. The number of nitrogens with one attached hydrogen (secondary N) is 1. The van der Waals surface area contributed by atoms with Crippen LogP contribution in [0.15, 0.2) is 73.3 Å². The molecule has 1 atom stereocenters. The number of hydrogen-bond acceptors (Lipinski definition) is 6. The molecule has 2 aromatic carbocycles. The highest BCUT2D eigenvalue weighted by Gasteiger charge is 2.40. The van der Waals surface area contributed by atoms with E-state index >= 15 is 0 Å². The predicted octanol–water partition coefficient (Wildman–Crippen LogP) is 4.70. The summed E-state index contributed by atoms with van der Waals surface area (Å²) in [5, 5.41) is 2.54. The molecule has 0 saturated heterocycles. The first kappa shape index (κ1) is 25.6. The summed E-state index contributed by atoms with van der Waals surface area (Å²) in [7, 11) is 0. The molecule has 0 unspecified atom stereocenters. The summed E-state index contributed by atoms with van der Waals surface area (Å²) in [5.74, 6) is -1.27. The van der Waals surface area contributed by atoms with E-state index in [1.165, 1.54) is 6.08 Å². The van der Waals surface area contributed by atoms with Gasteiger partial charge in [-0.05, 0) is 38.3 Å². The average molecular weight is 454 g/mol. The molecule has 0 aliphatic heterocycles. The van der Waals surface area contributed by atoms with Gasteiger partial charge in [-0.2, -0.15) is 0 Å². The number of carbonyl (C=O) groups excluding carboxylic acids is 3. The van der Waals surface area contributed by atoms with Crippen molar-refractivity contribution in [1.29, 1.82) is 0 Å². The molecule has 0 heterocycles. The second kappa shape index (κ2) is 11.9. The molecular weight excluding hydrogens is 422 g/mol. The first-order valence-corrected chi connectivity index (χ1v) is 10.7. The van der Waals surface area contributed by atoms with E-state index in [1.54, 1.807) is 20.8 Å². The van der Waals surface area contributed by atoms with Crippen molar-refractivity contribution in [3.63, 3.8) is 0 Å². The first-order chi connectivity index (χ1) is 15.6. The van der Waals surface area contributed by atoms with Gasteiger partial charge in [0.1, 0.15) is 18.8 Å². The molecular formula is C26H31NO6. The van der Waals surface area contributed by atoms with Gasteiger partial charge in [0.05, 0.1) is 0 Å². The molecule has 1 N–H and O–H groups in total. The summed E-state index contributed by atoms with van der Waals surface area (Å²) in [5.41, 5.74) is -0.819. The smallest absolute Gasteiger partial charge is 0.408 e. The van der Waals surface area contributed by atoms with Crippen LogP contribution >= 0.6 is 0 Å². The zero-order valence-corrected chi connectivity index (χ0v) is 19.3. The van der Waals surface area contributed by atoms with Crippen molar-refractivity contribution in [3.05, 3.63) is 84.4 Å². The van der Waals surface area contributed by atoms with Crippen LogP contribution in [0.1, 0.15) is 44.7 Å². The number of alkyl carbamates (subject to hydrolysis) is 1. The SMILES string of the molecule is C=C[C@](CCC(=O)OCc1ccccc1)(NC(=O)OC(C)(C)C)C(=O)OCc1ccccc1. The number of benzene rings is 2. The molecule has 2 rings (SSSR count). The summed E-state index contributed by atoms with van der Waals surface area (Å²) in [6.45, 7) is 8.94. The fraction of sp³-hybridized carbons (Fsp3) is 0.346. The highest BCUT2D eigenvalue weighted by molar-refractivity contribution is 5.88. The molecule has 0 fully saturated rings. The average Bonchev–Trinajstić information content (AvgIpc) is 2.79. The number of esters is 2. The van der Waals surface area contributed by atoms with Crippen LogP contribution in [0.5, 0.6) is 0 Å². The maximum absolute atomic E-state index is 13.0. The minimum absolute atomic E-state index is 0.00369. The Labute approximate surface area is 194 Å². The van der Waals surface area contributed by atoms with Crippen molar-refractivity contribution in [2.24, 2.45) is 0 Å². The van der Waals surface area contributed by atoms with E-state index in [0.29, 0.717) is 0 Å². The van der Waals surface area contributed by atoms with Gasteiger partial charge in [-0.3, -0.25) is 4.79 Å². The number of ether oxygens (including phenoxy) is 3. The molecule has 7 heteroatoms. The minimum Gasteiger partial charge on any atom is -0.461 e. The van der Waals surface area contributed by atoms with Crippen LogP contribution in [0.4, 0.5) is 4.79 Å². The number of amides is 1. The second-order valence-corrected chi connectivity index (χ2v) is 8.51. The first-order valence-electron chi connectivity index (χ1n) is 10.7. The van der Waals surface area contributed by atoms with Crippen LogP contribution < -0.4 is 5.32 Å². The molecule has 0 aromatic heterocycles. The van der Waals surface area contributed by atoms with Crippen LogP contribution in [0.2, 0.25) is 0 Å². The van der Waals surface area contributed by atoms with Gasteiger partial charge in [-0.25, -0.2) is 9.59 Å². The largest absolute Gasteiger partial charge is 0.461 e. The fourth-order valence-electron chi connectivity index (χ4n) is 2.90. The molecule has 1 amide bonds. The normalized spacial score (nSPS) is 12.7. The van der Waals surface area contributed by atoms with Crippen LogP contribution in [0.25, 0.3) is 0 Å². The van der Waals surface area contributed by atoms with E-state index in [-0.39, 0.29) is 26.1 Å². The molecule has 0 aliphatic carbocycles. The second-order valence-electron chi connectivity index (χ2n) is 8.51. The van der Waals surface area contributed by atoms with E-state index in [2.05, 4.69) is 11.9 Å². The van der Waals surface area contributed by atoms with Crippen molar-refractivity contribution < 1.29 is 28.6 Å². The molecule has 33 heavy (non-hydrogen) atoms. The Balaban J connectivity index is 2.08. The van der Waals surface area contributed by atoms with Gasteiger partial charge in [-0.15, -0.1) is 6.58 Å². The summed E-state index contributed by atoms with van der Waals surface area (Å²) in [6, 6.07) is 18.4. The maximum atomic E-state index is 13.0. The van der Waals surface area contributed by atoms with E-state index in [9.17, 15) is 14.4 Å². The summed E-state index contributed by atoms with van der Waals surface area (Å²) in [4.78, 5) is 37.9. The highest BCUT2D eigenvalue weighted by Crippen LogP contribution is 2.21. The van der Waals surface area contributed by atoms with Crippen molar-refractivity contribution in [2.75, 3.05) is 0 Å². The predicted molar refractivity (Wildman–Crippen MR) is 124 cm³/mol. The molecule has 0 aliphatic rings. The summed E-state index contributed by atoms with van der Waals surface area (Å²) >= 11 is 0. The molecule has 2 aromatic rings. The van der Waals surface area contributed by atoms with Gasteiger partial charge >= 0.3 is 18.0 Å². The zero-order valence-electron chi connectivity index (χ0n) is 19.3. The fourth-order valence-corrected chi connectivity index (χ4v) is 2.90. The number of hydrogen-bond donors (Lipinski definition) is 1. The lowest BCUT2D eigenvalue weighted by atomic mass is 9.93. The van der Waals surface area contributed by atoms with Gasteiger partial charge < -0.3 is 19.5 Å². The van der Waals surface area contributed by atoms with Gasteiger partial charge in [0, 0.05) is 6.42 Å². The van der Waals surface area contributed by atoms with Crippen LogP contribution in [-0.4, -0.2) is 29.2 Å². The molecule has 0 spiro atoms. The lowest BCUT2D eigenvalue weighted by Crippen LogP contribution is -2.55. The molecule has 176 valence electrons. The Kier molecular flexibility index (Phi) is 9.21. The van der Waals surface area contributed by atoms with E-state index in [1.807, 2.05) is 60.7 Å². The minimum atomic E-state index is -1.66. The van der Waals surface area contributed by atoms with Gasteiger partial charge in [-0.1, -0.05) is 66.7 Å². The van der Waals surface area contributed by atoms with Gasteiger partial charge in [0.15, 0.2) is 5.54 Å². The molecule has 0 bridgehead atoms. The Morgan fingerprint density at radius 1 is 0.879 bits per heavy atom. The molecule has 0 saturated carbocycles. The Morgan fingerprint density at radius 3 is 1.88 bits per heavy atom. The molecule has 7 nitrogen and oxygen atoms in total. The van der Waals surface area contributed by atoms with Crippen molar-refractivity contribution in [2.45, 2.75) is 58.0 Å². The van der Waals surface area contributed by atoms with Crippen LogP contribution in [0, 0.1) is 0 Å². The third-order valence-corrected chi connectivity index (χ3v) is 4.62. The quantitative estimate of drug-likeness (QED) is 0.318. The van der Waals surface area contributed by atoms with Crippen LogP contribution in [0.3, 0.4) is 0 Å². The van der Waals surface area contributed by atoms with Crippen molar-refractivity contribution in [3.8, 4) is 0 Å². The summed E-state index contributed by atoms with van der Waals surface area (Å²) < 4.78 is 16.0. The maximum Gasteiger partial charge on any atom is 0.408 e. The monoisotopic (exact) mass is 453 g/mol. The summed E-state index contributed by atoms with van der Waals surface area (Å²) in [6.07, 6.45) is 0.192. The number of rotatable bonds is 10. The Bertz CT molecular complexity index is 936. The lowest BCUT2D eigenvalue weighted by molar-refractivity contribution is -0.152. The van der Waals surface area contributed by atoms with Crippen molar-refractivity contribution in [1.82, 2.24) is 5.32 Å². The van der Waals surface area contributed by atoms with Gasteiger partial charge in [0.25, 0.3) is 0 Å². The standard InChI is InChI=1S/C26H31NO6/c1-5-26(27-24(30)33-25(2,3)4,23(29)32-19-21-14-10-7-11-15-21)17-16-22(28)31-18-20-12-8-6-9-13-20/h5-15H,1,16-19H2,2-4H3,(H,27,30)/t26-/m1/s1. The van der Waals surface area contributed by atoms with Gasteiger partial charge in [0.2, 0.25) is 0 Å². The number of carbonyl (C=O) groups is 3. The third-order valence-electron chi connectivity index (χ3n) is 4.62. The van der Waals surface area contributed by atoms with Crippen molar-refractivity contribution >= 4 is 18.0 Å². The topological polar surface area (TPSA) is 90.9 Å². The van der Waals surface area contributed by atoms with E-state index in [0.717, 1.165) is 11.1 Å². The van der Waals surface area contributed by atoms with E-state index in [4.69, 9.17) is 14.2 Å². The zero-order chi connectivity index (χ0) is 24.3. The lowest BCUT2D eigenvalue weighted by Gasteiger charge is -2.30. The van der Waals surface area contributed by atoms with Crippen LogP contribution in [-0.2, 0) is 37.0 Å².